The van der Waals surface area contributed by atoms with E-state index in [1.165, 1.54) is 0 Å². The van der Waals surface area contributed by atoms with Gasteiger partial charge in [-0.1, -0.05) is 19.1 Å². The van der Waals surface area contributed by atoms with E-state index in [1.807, 2.05) is 12.6 Å². The first-order valence-corrected chi connectivity index (χ1v) is 6.65. The van der Waals surface area contributed by atoms with Crippen LogP contribution in [0.15, 0.2) is 27.3 Å². The quantitative estimate of drug-likeness (QED) is 0.388. The van der Waals surface area contributed by atoms with Crippen LogP contribution in [0.25, 0.3) is 0 Å². The molecule has 0 aliphatic carbocycles. The molecule has 1 heterocycles. The molecule has 0 spiro atoms. The lowest BCUT2D eigenvalue weighted by Crippen LogP contribution is -2.21. The predicted molar refractivity (Wildman–Crippen MR) is 79.7 cm³/mol. The molecular weight excluding hydrogens is 224 g/mol. The molecule has 0 bridgehead atoms. The van der Waals surface area contributed by atoms with E-state index in [1.54, 1.807) is 0 Å². The fourth-order valence-corrected chi connectivity index (χ4v) is 1.65. The lowest BCUT2D eigenvalue weighted by Gasteiger charge is -2.09. The molecule has 18 heavy (non-hydrogen) atoms. The van der Waals surface area contributed by atoms with Crippen LogP contribution < -0.4 is 0 Å². The van der Waals surface area contributed by atoms with Crippen molar-refractivity contribution in [3.05, 3.63) is 12.2 Å². The van der Waals surface area contributed by atoms with Gasteiger partial charge in [0.25, 0.3) is 0 Å². The first kappa shape index (κ1) is 14.6. The number of allylic oxidation sites excluding steroid dienone is 2. The Balaban J connectivity index is 2.26. The average Bonchev–Trinajstić information content (AvgIpc) is 2.87. The largest absolute Gasteiger partial charge is 0.356 e. The van der Waals surface area contributed by atoms with Crippen LogP contribution in [0.5, 0.6) is 0 Å². The molecule has 1 atom stereocenters. The molecule has 1 aliphatic rings. The van der Waals surface area contributed by atoms with Crippen LogP contribution in [0.1, 0.15) is 33.6 Å². The molecule has 0 saturated carbocycles. The molecule has 0 amide bonds. The van der Waals surface area contributed by atoms with Gasteiger partial charge < -0.3 is 4.90 Å². The molecule has 100 valence electrons. The fourth-order valence-electron chi connectivity index (χ4n) is 1.65. The van der Waals surface area contributed by atoms with Crippen molar-refractivity contribution in [2.75, 3.05) is 19.6 Å². The van der Waals surface area contributed by atoms with Crippen molar-refractivity contribution in [2.45, 2.75) is 33.6 Å². The second-order valence-corrected chi connectivity index (χ2v) is 4.60. The van der Waals surface area contributed by atoms with Crippen LogP contribution in [-0.4, -0.2) is 42.8 Å². The molecule has 0 aromatic rings. The van der Waals surface area contributed by atoms with Gasteiger partial charge in [0.1, 0.15) is 0 Å². The van der Waals surface area contributed by atoms with Crippen molar-refractivity contribution >= 4 is 18.3 Å². The van der Waals surface area contributed by atoms with Gasteiger partial charge in [0.2, 0.25) is 0 Å². The van der Waals surface area contributed by atoms with Gasteiger partial charge in [0, 0.05) is 18.5 Å². The highest BCUT2D eigenvalue weighted by Crippen LogP contribution is 2.08. The molecule has 4 heteroatoms. The summed E-state index contributed by atoms with van der Waals surface area (Å²) in [5.74, 6) is 0.492. The fraction of sp³-hybridized carbons (Fsp3) is 0.643. The molecule has 1 rings (SSSR count). The lowest BCUT2D eigenvalue weighted by atomic mass is 10.0. The number of nitrogens with zero attached hydrogens (tertiary/aromatic N) is 4. The Morgan fingerprint density at radius 1 is 1.56 bits per heavy atom. The van der Waals surface area contributed by atoms with Crippen LogP contribution in [0.3, 0.4) is 0 Å². The van der Waals surface area contributed by atoms with E-state index in [4.69, 9.17) is 0 Å². The normalized spacial score (nSPS) is 18.4. The van der Waals surface area contributed by atoms with Crippen molar-refractivity contribution in [2.24, 2.45) is 21.1 Å². The van der Waals surface area contributed by atoms with E-state index in [-0.39, 0.29) is 0 Å². The van der Waals surface area contributed by atoms with E-state index in [9.17, 15) is 0 Å². The third-order valence-corrected chi connectivity index (χ3v) is 3.09. The summed E-state index contributed by atoms with van der Waals surface area (Å²) in [4.78, 5) is 6.27. The van der Waals surface area contributed by atoms with Gasteiger partial charge in [-0.3, -0.25) is 4.99 Å². The Morgan fingerprint density at radius 2 is 2.39 bits per heavy atom. The maximum atomic E-state index is 4.25. The third-order valence-electron chi connectivity index (χ3n) is 3.09. The summed E-state index contributed by atoms with van der Waals surface area (Å²) in [5, 5.41) is 8.38. The predicted octanol–water partition coefficient (Wildman–Crippen LogP) is 2.77. The molecular formula is C14H24N4. The van der Waals surface area contributed by atoms with E-state index >= 15 is 0 Å². The third kappa shape index (κ3) is 5.75. The van der Waals surface area contributed by atoms with Crippen molar-refractivity contribution in [3.8, 4) is 0 Å². The lowest BCUT2D eigenvalue weighted by molar-refractivity contribution is 0.536. The summed E-state index contributed by atoms with van der Waals surface area (Å²) < 4.78 is 0. The number of hydrogen-bond donors (Lipinski definition) is 0. The summed E-state index contributed by atoms with van der Waals surface area (Å²) in [6.45, 7) is 9.00. The van der Waals surface area contributed by atoms with Gasteiger partial charge in [0.05, 0.1) is 19.4 Å². The molecule has 1 aliphatic heterocycles. The van der Waals surface area contributed by atoms with Crippen LogP contribution in [0.2, 0.25) is 0 Å². The van der Waals surface area contributed by atoms with E-state index < -0.39 is 0 Å². The number of hydrogen-bond acceptors (Lipinski definition) is 4. The second kappa shape index (κ2) is 8.61. The smallest absolute Gasteiger partial charge is 0.0854 e. The summed E-state index contributed by atoms with van der Waals surface area (Å²) >= 11 is 0. The minimum absolute atomic E-state index is 0.492. The van der Waals surface area contributed by atoms with Crippen molar-refractivity contribution in [1.82, 2.24) is 4.90 Å². The Morgan fingerprint density at radius 3 is 3.06 bits per heavy atom. The molecule has 0 aromatic heterocycles. The van der Waals surface area contributed by atoms with Gasteiger partial charge in [-0.05, 0) is 32.6 Å². The average molecular weight is 248 g/mol. The van der Waals surface area contributed by atoms with E-state index in [0.717, 1.165) is 38.2 Å². The monoisotopic (exact) mass is 248 g/mol. The SMILES string of the molecule is CC=CCCC(C)C(C)=NN=CCN1C=NCC1. The molecule has 0 saturated heterocycles. The molecule has 0 radical (unpaired) electrons. The zero-order valence-electron chi connectivity index (χ0n) is 11.7. The van der Waals surface area contributed by atoms with Crippen molar-refractivity contribution in [1.29, 1.82) is 0 Å². The van der Waals surface area contributed by atoms with E-state index in [0.29, 0.717) is 5.92 Å². The van der Waals surface area contributed by atoms with Crippen molar-refractivity contribution in [3.63, 3.8) is 0 Å². The summed E-state index contributed by atoms with van der Waals surface area (Å²) in [6.07, 6.45) is 10.3. The number of rotatable bonds is 7. The first-order chi connectivity index (χ1) is 8.74. The standard InChI is InChI=1S/C14H24N4/c1-4-5-6-7-13(2)14(3)17-16-9-11-18-10-8-15-12-18/h4-5,9,12-13H,6-8,10-11H2,1-3H3. The zero-order chi connectivity index (χ0) is 13.2. The van der Waals surface area contributed by atoms with E-state index in [2.05, 4.69) is 53.0 Å². The minimum Gasteiger partial charge on any atom is -0.356 e. The Hall–Kier alpha value is -1.45. The van der Waals surface area contributed by atoms with Crippen LogP contribution in [0, 0.1) is 5.92 Å². The summed E-state index contributed by atoms with van der Waals surface area (Å²) in [5.41, 5.74) is 1.10. The molecule has 0 fully saturated rings. The van der Waals surface area contributed by atoms with Gasteiger partial charge in [-0.25, -0.2) is 0 Å². The highest BCUT2D eigenvalue weighted by Gasteiger charge is 2.04. The maximum Gasteiger partial charge on any atom is 0.0854 e. The van der Waals surface area contributed by atoms with Crippen molar-refractivity contribution < 1.29 is 0 Å². The highest BCUT2D eigenvalue weighted by molar-refractivity contribution is 5.84. The van der Waals surface area contributed by atoms with Gasteiger partial charge >= 0.3 is 0 Å². The Bertz CT molecular complexity index is 342. The molecule has 0 aromatic carbocycles. The van der Waals surface area contributed by atoms with Crippen LogP contribution >= 0.6 is 0 Å². The summed E-state index contributed by atoms with van der Waals surface area (Å²) in [6, 6.07) is 0. The van der Waals surface area contributed by atoms with Gasteiger partial charge in [-0.15, -0.1) is 0 Å². The second-order valence-electron chi connectivity index (χ2n) is 4.60. The molecule has 4 nitrogen and oxygen atoms in total. The number of aliphatic imine (C=N–C) groups is 1. The Labute approximate surface area is 110 Å². The first-order valence-electron chi connectivity index (χ1n) is 6.65. The minimum atomic E-state index is 0.492. The van der Waals surface area contributed by atoms with Gasteiger partial charge in [0.15, 0.2) is 0 Å². The Kier molecular flexibility index (Phi) is 6.99. The molecule has 1 unspecified atom stereocenters. The summed E-state index contributed by atoms with van der Waals surface area (Å²) in [7, 11) is 0. The topological polar surface area (TPSA) is 40.3 Å². The molecule has 0 N–H and O–H groups in total. The van der Waals surface area contributed by atoms with Gasteiger partial charge in [-0.2, -0.15) is 10.2 Å². The van der Waals surface area contributed by atoms with Crippen LogP contribution in [0.4, 0.5) is 0 Å². The highest BCUT2D eigenvalue weighted by atomic mass is 15.2. The maximum absolute atomic E-state index is 4.25. The zero-order valence-corrected chi connectivity index (χ0v) is 11.7. The van der Waals surface area contributed by atoms with Crippen LogP contribution in [-0.2, 0) is 0 Å².